The van der Waals surface area contributed by atoms with Crippen molar-refractivity contribution in [1.82, 2.24) is 0 Å². The summed E-state index contributed by atoms with van der Waals surface area (Å²) in [5, 5.41) is 0. The SMILES string of the molecule is Cc1cc2c(cc1N1c3cc(C(C)(C)C)cc4c3B(c3cc(C(C)C)ccc3N4c3ccc(C(C)C)cc3)c3c1oc1c3C(C)(C)CCC1(C)C)C(C)(C)CCC2(C)C. The van der Waals surface area contributed by atoms with E-state index >= 15 is 0 Å². The molecular weight excluding hydrogens is 715 g/mol. The van der Waals surface area contributed by atoms with Crippen LogP contribution in [0.3, 0.4) is 0 Å². The van der Waals surface area contributed by atoms with E-state index in [1.165, 1.54) is 102 Å². The Balaban J connectivity index is 1.46. The Hall–Kier alpha value is -4.18. The van der Waals surface area contributed by atoms with Crippen molar-refractivity contribution in [3.05, 3.63) is 111 Å². The number of fused-ring (bicyclic) bond motifs is 7. The van der Waals surface area contributed by atoms with Gasteiger partial charge in [0.1, 0.15) is 5.76 Å². The molecule has 0 unspecified atom stereocenters. The van der Waals surface area contributed by atoms with Crippen molar-refractivity contribution in [2.75, 3.05) is 9.80 Å². The molecule has 3 heterocycles. The Morgan fingerprint density at radius 3 is 1.71 bits per heavy atom. The second-order valence-corrected chi connectivity index (χ2v) is 23.2. The molecule has 0 saturated carbocycles. The Morgan fingerprint density at radius 1 is 0.576 bits per heavy atom. The van der Waals surface area contributed by atoms with Crippen LogP contribution in [0.4, 0.5) is 34.3 Å². The first-order valence-electron chi connectivity index (χ1n) is 22.8. The summed E-state index contributed by atoms with van der Waals surface area (Å²) in [5.41, 5.74) is 20.2. The van der Waals surface area contributed by atoms with Crippen molar-refractivity contribution in [1.29, 1.82) is 0 Å². The van der Waals surface area contributed by atoms with Crippen molar-refractivity contribution < 1.29 is 4.42 Å². The summed E-state index contributed by atoms with van der Waals surface area (Å²) in [5.74, 6) is 3.08. The molecule has 1 aromatic heterocycles. The highest BCUT2D eigenvalue weighted by atomic mass is 16.4. The maximum absolute atomic E-state index is 7.67. The van der Waals surface area contributed by atoms with Gasteiger partial charge in [0.2, 0.25) is 0 Å². The van der Waals surface area contributed by atoms with E-state index in [9.17, 15) is 0 Å². The summed E-state index contributed by atoms with van der Waals surface area (Å²) in [6, 6.07) is 27.0. The molecule has 9 rings (SSSR count). The van der Waals surface area contributed by atoms with Gasteiger partial charge in [-0.05, 0) is 158 Å². The molecule has 4 aliphatic rings. The molecule has 0 spiro atoms. The van der Waals surface area contributed by atoms with E-state index < -0.39 is 0 Å². The van der Waals surface area contributed by atoms with Crippen molar-refractivity contribution in [3.63, 3.8) is 0 Å². The minimum atomic E-state index is -0.0920. The van der Waals surface area contributed by atoms with Gasteiger partial charge < -0.3 is 9.32 Å². The van der Waals surface area contributed by atoms with Gasteiger partial charge in [-0.1, -0.05) is 134 Å². The van der Waals surface area contributed by atoms with E-state index in [1.54, 1.807) is 0 Å². The predicted octanol–water partition coefficient (Wildman–Crippen LogP) is 13.9. The smallest absolute Gasteiger partial charge is 0.256 e. The van der Waals surface area contributed by atoms with E-state index in [-0.39, 0.29) is 33.8 Å². The summed E-state index contributed by atoms with van der Waals surface area (Å²) in [7, 11) is 0. The van der Waals surface area contributed by atoms with Gasteiger partial charge in [0.15, 0.2) is 5.88 Å². The van der Waals surface area contributed by atoms with E-state index in [0.29, 0.717) is 11.8 Å². The molecular formula is C55H69BN2O. The first-order chi connectivity index (χ1) is 27.4. The monoisotopic (exact) mass is 785 g/mol. The zero-order chi connectivity index (χ0) is 42.5. The van der Waals surface area contributed by atoms with Crippen LogP contribution in [0.5, 0.6) is 0 Å². The maximum atomic E-state index is 7.67. The zero-order valence-corrected chi connectivity index (χ0v) is 39.2. The molecule has 4 heteroatoms. The molecule has 0 saturated heterocycles. The number of nitrogens with zero attached hydrogens (tertiary/aromatic N) is 2. The van der Waals surface area contributed by atoms with Crippen molar-refractivity contribution in [2.24, 2.45) is 0 Å². The van der Waals surface area contributed by atoms with Gasteiger partial charge in [-0.2, -0.15) is 0 Å². The zero-order valence-electron chi connectivity index (χ0n) is 39.2. The van der Waals surface area contributed by atoms with E-state index in [2.05, 4.69) is 187 Å². The first-order valence-corrected chi connectivity index (χ1v) is 22.8. The quantitative estimate of drug-likeness (QED) is 0.166. The van der Waals surface area contributed by atoms with Gasteiger partial charge >= 0.3 is 0 Å². The van der Waals surface area contributed by atoms with Gasteiger partial charge in [0, 0.05) is 28.2 Å². The maximum Gasteiger partial charge on any atom is 0.256 e. The normalized spacial score (nSPS) is 19.3. The van der Waals surface area contributed by atoms with Crippen LogP contribution in [0, 0.1) is 6.92 Å². The van der Waals surface area contributed by atoms with Crippen LogP contribution >= 0.6 is 0 Å². The number of rotatable bonds is 4. The highest BCUT2D eigenvalue weighted by Gasteiger charge is 2.53. The number of hydrogen-bond donors (Lipinski definition) is 0. The van der Waals surface area contributed by atoms with Gasteiger partial charge in [-0.25, -0.2) is 0 Å². The van der Waals surface area contributed by atoms with Crippen molar-refractivity contribution in [2.45, 2.75) is 175 Å². The number of aryl methyl sites for hydroxylation is 1. The molecule has 0 N–H and O–H groups in total. The second kappa shape index (κ2) is 12.9. The molecule has 0 radical (unpaired) electrons. The molecule has 0 amide bonds. The fourth-order valence-corrected chi connectivity index (χ4v) is 11.1. The molecule has 0 fully saturated rings. The van der Waals surface area contributed by atoms with E-state index in [4.69, 9.17) is 4.42 Å². The fraction of sp³-hybridized carbons (Fsp3) is 0.491. The lowest BCUT2D eigenvalue weighted by Crippen LogP contribution is -2.63. The van der Waals surface area contributed by atoms with Crippen molar-refractivity contribution >= 4 is 57.4 Å². The van der Waals surface area contributed by atoms with Crippen molar-refractivity contribution in [3.8, 4) is 0 Å². The average Bonchev–Trinajstić information content (AvgIpc) is 3.58. The summed E-state index contributed by atoms with van der Waals surface area (Å²) < 4.78 is 7.67. The number of benzene rings is 4. The van der Waals surface area contributed by atoms with E-state index in [1.807, 2.05) is 0 Å². The van der Waals surface area contributed by atoms with Gasteiger partial charge in [0.25, 0.3) is 6.71 Å². The highest BCUT2D eigenvalue weighted by Crippen LogP contribution is 2.55. The third kappa shape index (κ3) is 6.03. The molecule has 2 aliphatic carbocycles. The molecule has 2 aliphatic heterocycles. The van der Waals surface area contributed by atoms with Crippen LogP contribution < -0.4 is 26.2 Å². The average molecular weight is 785 g/mol. The van der Waals surface area contributed by atoms with Crippen LogP contribution in [-0.4, -0.2) is 6.71 Å². The lowest BCUT2D eigenvalue weighted by molar-refractivity contribution is 0.280. The number of furan rings is 1. The lowest BCUT2D eigenvalue weighted by Gasteiger charge is -2.46. The Morgan fingerprint density at radius 2 is 1.12 bits per heavy atom. The van der Waals surface area contributed by atoms with Gasteiger partial charge in [-0.15, -0.1) is 0 Å². The third-order valence-corrected chi connectivity index (χ3v) is 15.4. The van der Waals surface area contributed by atoms with Crippen LogP contribution in [0.2, 0.25) is 0 Å². The Bertz CT molecular complexity index is 2520. The minimum Gasteiger partial charge on any atom is -0.444 e. The standard InChI is InChI=1S/C55H69BN2O/c1-32(2)35-17-20-38(21-18-35)57-42-22-19-36(33(3)4)28-41(42)56-47-44(57)29-37(51(6,7)8)30-45(47)58(50-48(56)46-49(59-50)55(15,16)26-25-54(46,13)14)43-31-40-39(27-34(43)5)52(9,10)23-24-53(40,11)12/h17-22,27-33H,23-26H2,1-16H3. The van der Waals surface area contributed by atoms with E-state index in [0.717, 1.165) is 18.7 Å². The number of anilines is 6. The predicted molar refractivity (Wildman–Crippen MR) is 255 cm³/mol. The molecule has 4 aromatic carbocycles. The van der Waals surface area contributed by atoms with Crippen LogP contribution in [0.1, 0.15) is 186 Å². The van der Waals surface area contributed by atoms with Crippen LogP contribution in [0.15, 0.2) is 71.1 Å². The van der Waals surface area contributed by atoms with Crippen LogP contribution in [0.25, 0.3) is 0 Å². The molecule has 308 valence electrons. The third-order valence-electron chi connectivity index (χ3n) is 15.4. The highest BCUT2D eigenvalue weighted by molar-refractivity contribution is 7.00. The molecule has 3 nitrogen and oxygen atoms in total. The largest absolute Gasteiger partial charge is 0.444 e. The summed E-state index contributed by atoms with van der Waals surface area (Å²) >= 11 is 0. The number of hydrogen-bond acceptors (Lipinski definition) is 3. The lowest BCUT2D eigenvalue weighted by atomic mass is 9.32. The Labute approximate surface area is 357 Å². The minimum absolute atomic E-state index is 0.0224. The first kappa shape index (κ1) is 40.2. The van der Waals surface area contributed by atoms with Crippen LogP contribution in [-0.2, 0) is 27.1 Å². The Kier molecular flexibility index (Phi) is 8.81. The molecule has 0 bridgehead atoms. The molecule has 0 atom stereocenters. The molecule has 59 heavy (non-hydrogen) atoms. The second-order valence-electron chi connectivity index (χ2n) is 23.2. The summed E-state index contributed by atoms with van der Waals surface area (Å²) in [6.45, 7) is 38.3. The summed E-state index contributed by atoms with van der Waals surface area (Å²) in [4.78, 5) is 5.21. The van der Waals surface area contributed by atoms with Gasteiger partial charge in [0.05, 0.1) is 5.69 Å². The van der Waals surface area contributed by atoms with Gasteiger partial charge in [-0.3, -0.25) is 4.90 Å². The summed E-state index contributed by atoms with van der Waals surface area (Å²) in [6.07, 6.45) is 4.60. The topological polar surface area (TPSA) is 19.6 Å². The fourth-order valence-electron chi connectivity index (χ4n) is 11.1. The molecule has 5 aromatic rings.